The minimum absolute atomic E-state index is 0.533. The van der Waals surface area contributed by atoms with Crippen LogP contribution in [0.4, 0.5) is 17.5 Å². The molecule has 0 unspecified atom stereocenters. The average Bonchev–Trinajstić information content (AvgIpc) is 3.45. The van der Waals surface area contributed by atoms with Crippen LogP contribution in [-0.4, -0.2) is 16.0 Å². The van der Waals surface area contributed by atoms with Gasteiger partial charge in [-0.05, 0) is 49.6 Å². The molecule has 4 rings (SSSR count). The number of benzene rings is 2. The third-order valence-corrected chi connectivity index (χ3v) is 4.14. The molecule has 5 nitrogen and oxygen atoms in total. The Morgan fingerprint density at radius 2 is 1.77 bits per heavy atom. The lowest BCUT2D eigenvalue weighted by Crippen LogP contribution is -2.07. The Hall–Kier alpha value is -3.08. The summed E-state index contributed by atoms with van der Waals surface area (Å²) in [6.45, 7) is 2.54. The largest absolute Gasteiger partial charge is 0.489 e. The molecule has 1 heterocycles. The highest BCUT2D eigenvalue weighted by Gasteiger charge is 2.22. The molecular formula is C21H22N4O. The van der Waals surface area contributed by atoms with Gasteiger partial charge in [-0.3, -0.25) is 0 Å². The van der Waals surface area contributed by atoms with Crippen molar-refractivity contribution in [2.45, 2.75) is 32.4 Å². The van der Waals surface area contributed by atoms with E-state index in [9.17, 15) is 0 Å². The lowest BCUT2D eigenvalue weighted by atomic mass is 10.2. The van der Waals surface area contributed by atoms with E-state index in [0.717, 1.165) is 28.5 Å². The van der Waals surface area contributed by atoms with E-state index in [2.05, 4.69) is 32.7 Å². The lowest BCUT2D eigenvalue weighted by molar-refractivity contribution is 0.306. The smallest absolute Gasteiger partial charge is 0.225 e. The van der Waals surface area contributed by atoms with E-state index in [1.54, 1.807) is 0 Å². The number of aryl methyl sites for hydroxylation is 1. The normalized spacial score (nSPS) is 13.3. The SMILES string of the molecule is Cc1cc(Nc2ccc(OCc3ccccc3)cc2)nc(NC2CC2)n1. The fourth-order valence-corrected chi connectivity index (χ4v) is 2.63. The molecule has 1 aliphatic rings. The third-order valence-electron chi connectivity index (χ3n) is 4.14. The van der Waals surface area contributed by atoms with Crippen molar-refractivity contribution in [1.82, 2.24) is 9.97 Å². The fourth-order valence-electron chi connectivity index (χ4n) is 2.63. The van der Waals surface area contributed by atoms with Gasteiger partial charge in [-0.2, -0.15) is 4.98 Å². The molecule has 1 saturated carbocycles. The maximum absolute atomic E-state index is 5.82. The highest BCUT2D eigenvalue weighted by Crippen LogP contribution is 2.25. The summed E-state index contributed by atoms with van der Waals surface area (Å²) in [4.78, 5) is 8.98. The number of nitrogens with zero attached hydrogens (tertiary/aromatic N) is 2. The van der Waals surface area contributed by atoms with Gasteiger partial charge in [0.15, 0.2) is 0 Å². The van der Waals surface area contributed by atoms with E-state index >= 15 is 0 Å². The van der Waals surface area contributed by atoms with Gasteiger partial charge < -0.3 is 15.4 Å². The molecule has 3 aromatic rings. The molecule has 132 valence electrons. The van der Waals surface area contributed by atoms with Gasteiger partial charge in [0, 0.05) is 23.5 Å². The van der Waals surface area contributed by atoms with Crippen LogP contribution in [0.2, 0.25) is 0 Å². The Labute approximate surface area is 153 Å². The summed E-state index contributed by atoms with van der Waals surface area (Å²) in [7, 11) is 0. The van der Waals surface area contributed by atoms with Crippen LogP contribution in [0.3, 0.4) is 0 Å². The second-order valence-electron chi connectivity index (χ2n) is 6.56. The van der Waals surface area contributed by atoms with Crippen molar-refractivity contribution in [2.75, 3.05) is 10.6 Å². The predicted octanol–water partition coefficient (Wildman–Crippen LogP) is 4.68. The zero-order valence-corrected chi connectivity index (χ0v) is 14.8. The van der Waals surface area contributed by atoms with Crippen molar-refractivity contribution < 1.29 is 4.74 Å². The number of hydrogen-bond acceptors (Lipinski definition) is 5. The van der Waals surface area contributed by atoms with Gasteiger partial charge in [0.1, 0.15) is 18.2 Å². The minimum Gasteiger partial charge on any atom is -0.489 e. The van der Waals surface area contributed by atoms with Crippen LogP contribution in [-0.2, 0) is 6.61 Å². The van der Waals surface area contributed by atoms with Gasteiger partial charge >= 0.3 is 0 Å². The topological polar surface area (TPSA) is 59.1 Å². The van der Waals surface area contributed by atoms with Crippen molar-refractivity contribution in [3.63, 3.8) is 0 Å². The fraction of sp³-hybridized carbons (Fsp3) is 0.238. The highest BCUT2D eigenvalue weighted by molar-refractivity contribution is 5.58. The van der Waals surface area contributed by atoms with E-state index in [1.165, 1.54) is 12.8 Å². The molecule has 0 atom stereocenters. The second kappa shape index (κ2) is 7.44. The predicted molar refractivity (Wildman–Crippen MR) is 104 cm³/mol. The average molecular weight is 346 g/mol. The molecule has 0 bridgehead atoms. The van der Waals surface area contributed by atoms with Crippen molar-refractivity contribution in [3.8, 4) is 5.75 Å². The van der Waals surface area contributed by atoms with Crippen LogP contribution in [0, 0.1) is 6.92 Å². The van der Waals surface area contributed by atoms with E-state index in [0.29, 0.717) is 18.6 Å². The molecule has 2 aromatic carbocycles. The monoisotopic (exact) mass is 346 g/mol. The molecule has 0 amide bonds. The maximum atomic E-state index is 5.82. The number of nitrogens with one attached hydrogen (secondary N) is 2. The first-order valence-electron chi connectivity index (χ1n) is 8.91. The van der Waals surface area contributed by atoms with Gasteiger partial charge in [-0.1, -0.05) is 30.3 Å². The van der Waals surface area contributed by atoms with E-state index in [4.69, 9.17) is 4.74 Å². The van der Waals surface area contributed by atoms with Crippen LogP contribution in [0.25, 0.3) is 0 Å². The van der Waals surface area contributed by atoms with Crippen molar-refractivity contribution >= 4 is 17.5 Å². The Morgan fingerprint density at radius 1 is 1.00 bits per heavy atom. The molecule has 1 fully saturated rings. The quantitative estimate of drug-likeness (QED) is 0.650. The summed E-state index contributed by atoms with van der Waals surface area (Å²) >= 11 is 0. The number of ether oxygens (including phenoxy) is 1. The highest BCUT2D eigenvalue weighted by atomic mass is 16.5. The first-order chi connectivity index (χ1) is 12.7. The molecule has 0 saturated heterocycles. The van der Waals surface area contributed by atoms with Gasteiger partial charge in [-0.25, -0.2) is 4.98 Å². The molecule has 1 aliphatic carbocycles. The van der Waals surface area contributed by atoms with Crippen LogP contribution < -0.4 is 15.4 Å². The molecule has 0 spiro atoms. The van der Waals surface area contributed by atoms with Gasteiger partial charge in [0.05, 0.1) is 0 Å². The number of anilines is 3. The molecule has 26 heavy (non-hydrogen) atoms. The molecule has 5 heteroatoms. The van der Waals surface area contributed by atoms with E-state index in [-0.39, 0.29) is 0 Å². The summed E-state index contributed by atoms with van der Waals surface area (Å²) in [5, 5.41) is 6.68. The summed E-state index contributed by atoms with van der Waals surface area (Å²) in [5.41, 5.74) is 3.06. The van der Waals surface area contributed by atoms with Crippen LogP contribution in [0.15, 0.2) is 60.7 Å². The lowest BCUT2D eigenvalue weighted by Gasteiger charge is -2.11. The number of rotatable bonds is 7. The van der Waals surface area contributed by atoms with Crippen molar-refractivity contribution in [3.05, 3.63) is 71.9 Å². The van der Waals surface area contributed by atoms with E-state index < -0.39 is 0 Å². The molecular weight excluding hydrogens is 324 g/mol. The van der Waals surface area contributed by atoms with Crippen molar-refractivity contribution in [2.24, 2.45) is 0 Å². The number of aromatic nitrogens is 2. The summed E-state index contributed by atoms with van der Waals surface area (Å²) in [6, 6.07) is 20.5. The molecule has 0 radical (unpaired) electrons. The maximum Gasteiger partial charge on any atom is 0.225 e. The zero-order valence-electron chi connectivity index (χ0n) is 14.8. The Morgan fingerprint density at radius 3 is 2.50 bits per heavy atom. The summed E-state index contributed by atoms with van der Waals surface area (Å²) < 4.78 is 5.82. The standard InChI is InChI=1S/C21H22N4O/c1-15-13-20(25-21(22-15)24-18-7-8-18)23-17-9-11-19(12-10-17)26-14-16-5-3-2-4-6-16/h2-6,9-13,18H,7-8,14H2,1H3,(H2,22,23,24,25). The Kier molecular flexibility index (Phi) is 4.69. The zero-order chi connectivity index (χ0) is 17.8. The van der Waals surface area contributed by atoms with Crippen LogP contribution >= 0.6 is 0 Å². The first kappa shape index (κ1) is 16.4. The second-order valence-corrected chi connectivity index (χ2v) is 6.56. The Bertz CT molecular complexity index is 861. The van der Waals surface area contributed by atoms with Gasteiger partial charge in [-0.15, -0.1) is 0 Å². The molecule has 1 aromatic heterocycles. The third kappa shape index (κ3) is 4.51. The van der Waals surface area contributed by atoms with Gasteiger partial charge in [0.25, 0.3) is 0 Å². The first-order valence-corrected chi connectivity index (χ1v) is 8.91. The molecule has 2 N–H and O–H groups in total. The van der Waals surface area contributed by atoms with Gasteiger partial charge in [0.2, 0.25) is 5.95 Å². The van der Waals surface area contributed by atoms with E-state index in [1.807, 2.05) is 55.5 Å². The van der Waals surface area contributed by atoms with Crippen LogP contribution in [0.1, 0.15) is 24.1 Å². The summed E-state index contributed by atoms with van der Waals surface area (Å²) in [5.74, 6) is 2.32. The summed E-state index contributed by atoms with van der Waals surface area (Å²) in [6.07, 6.45) is 2.40. The minimum atomic E-state index is 0.533. The van der Waals surface area contributed by atoms with Crippen molar-refractivity contribution in [1.29, 1.82) is 0 Å². The Balaban J connectivity index is 1.38. The number of hydrogen-bond donors (Lipinski definition) is 2. The molecule has 0 aliphatic heterocycles. The van der Waals surface area contributed by atoms with Crippen LogP contribution in [0.5, 0.6) is 5.75 Å².